The van der Waals surface area contributed by atoms with E-state index in [2.05, 4.69) is 36.8 Å². The van der Waals surface area contributed by atoms with Crippen LogP contribution in [0.4, 0.5) is 0 Å². The Bertz CT molecular complexity index is 252. The van der Waals surface area contributed by atoms with Crippen molar-refractivity contribution in [3.8, 4) is 0 Å². The van der Waals surface area contributed by atoms with Crippen LogP contribution in [0.3, 0.4) is 0 Å². The SMILES string of the molecule is COCc1cc(Br)cnc1Br. The van der Waals surface area contributed by atoms with Gasteiger partial charge in [0.1, 0.15) is 4.60 Å². The maximum Gasteiger partial charge on any atom is 0.111 e. The molecule has 0 fully saturated rings. The number of aromatic nitrogens is 1. The lowest BCUT2D eigenvalue weighted by Crippen LogP contribution is -1.90. The fourth-order valence-corrected chi connectivity index (χ4v) is 1.43. The molecule has 1 heterocycles. The Labute approximate surface area is 82.2 Å². The van der Waals surface area contributed by atoms with Crippen LogP contribution < -0.4 is 0 Å². The molecule has 0 aliphatic heterocycles. The Hall–Kier alpha value is 0.0700. The van der Waals surface area contributed by atoms with E-state index in [-0.39, 0.29) is 0 Å². The molecule has 0 N–H and O–H groups in total. The highest BCUT2D eigenvalue weighted by Crippen LogP contribution is 2.18. The lowest BCUT2D eigenvalue weighted by Gasteiger charge is -2.01. The monoisotopic (exact) mass is 279 g/mol. The summed E-state index contributed by atoms with van der Waals surface area (Å²) in [6.07, 6.45) is 1.74. The van der Waals surface area contributed by atoms with Crippen molar-refractivity contribution in [1.29, 1.82) is 0 Å². The molecule has 60 valence electrons. The zero-order valence-corrected chi connectivity index (χ0v) is 9.15. The van der Waals surface area contributed by atoms with Crippen molar-refractivity contribution in [2.24, 2.45) is 0 Å². The third kappa shape index (κ3) is 2.54. The summed E-state index contributed by atoms with van der Waals surface area (Å²) in [6.45, 7) is 0.576. The standard InChI is InChI=1S/C7H7Br2NO/c1-11-4-5-2-6(8)3-10-7(5)9/h2-3H,4H2,1H3. The topological polar surface area (TPSA) is 22.1 Å². The van der Waals surface area contributed by atoms with Gasteiger partial charge in [-0.05, 0) is 37.9 Å². The fraction of sp³-hybridized carbons (Fsp3) is 0.286. The Morgan fingerprint density at radius 2 is 2.27 bits per heavy atom. The molecule has 11 heavy (non-hydrogen) atoms. The summed E-state index contributed by atoms with van der Waals surface area (Å²) in [6, 6.07) is 1.97. The van der Waals surface area contributed by atoms with Crippen molar-refractivity contribution in [2.75, 3.05) is 7.11 Å². The van der Waals surface area contributed by atoms with E-state index in [0.717, 1.165) is 14.6 Å². The third-order valence-corrected chi connectivity index (χ3v) is 2.33. The number of rotatable bonds is 2. The summed E-state index contributed by atoms with van der Waals surface area (Å²) in [5.74, 6) is 0. The van der Waals surface area contributed by atoms with Crippen LogP contribution in [0, 0.1) is 0 Å². The smallest absolute Gasteiger partial charge is 0.111 e. The summed E-state index contributed by atoms with van der Waals surface area (Å²) >= 11 is 6.65. The summed E-state index contributed by atoms with van der Waals surface area (Å²) in [5, 5.41) is 0. The molecule has 0 spiro atoms. The molecule has 0 aromatic carbocycles. The zero-order valence-electron chi connectivity index (χ0n) is 5.97. The van der Waals surface area contributed by atoms with E-state index in [1.54, 1.807) is 13.3 Å². The molecule has 1 rings (SSSR count). The van der Waals surface area contributed by atoms with Crippen LogP contribution in [-0.2, 0) is 11.3 Å². The Balaban J connectivity index is 2.93. The summed E-state index contributed by atoms with van der Waals surface area (Å²) in [7, 11) is 1.66. The number of hydrogen-bond donors (Lipinski definition) is 0. The van der Waals surface area contributed by atoms with E-state index in [9.17, 15) is 0 Å². The molecule has 0 bridgehead atoms. The first-order valence-corrected chi connectivity index (χ1v) is 4.61. The molecule has 1 aromatic rings. The van der Waals surface area contributed by atoms with Crippen LogP contribution in [0.25, 0.3) is 0 Å². The Morgan fingerprint density at radius 1 is 1.55 bits per heavy atom. The van der Waals surface area contributed by atoms with E-state index < -0.39 is 0 Å². The van der Waals surface area contributed by atoms with Gasteiger partial charge in [-0.1, -0.05) is 0 Å². The van der Waals surface area contributed by atoms with Crippen LogP contribution in [0.15, 0.2) is 21.3 Å². The largest absolute Gasteiger partial charge is 0.380 e. The summed E-state index contributed by atoms with van der Waals surface area (Å²) < 4.78 is 6.77. The minimum atomic E-state index is 0.576. The second kappa shape index (κ2) is 4.18. The van der Waals surface area contributed by atoms with Crippen molar-refractivity contribution in [2.45, 2.75) is 6.61 Å². The Kier molecular flexibility index (Phi) is 3.48. The molecule has 0 saturated heterocycles. The normalized spacial score (nSPS) is 10.1. The van der Waals surface area contributed by atoms with Gasteiger partial charge in [0, 0.05) is 23.3 Å². The van der Waals surface area contributed by atoms with Crippen LogP contribution in [0.2, 0.25) is 0 Å². The van der Waals surface area contributed by atoms with Gasteiger partial charge in [-0.3, -0.25) is 0 Å². The van der Waals surface area contributed by atoms with E-state index >= 15 is 0 Å². The van der Waals surface area contributed by atoms with Gasteiger partial charge in [-0.25, -0.2) is 4.98 Å². The van der Waals surface area contributed by atoms with Crippen LogP contribution in [0.1, 0.15) is 5.56 Å². The molecule has 4 heteroatoms. The predicted molar refractivity (Wildman–Crippen MR) is 50.4 cm³/mol. The first-order chi connectivity index (χ1) is 5.24. The average Bonchev–Trinajstić information content (AvgIpc) is 1.98. The molecule has 0 unspecified atom stereocenters. The highest BCUT2D eigenvalue weighted by atomic mass is 79.9. The zero-order chi connectivity index (χ0) is 8.27. The molecule has 0 amide bonds. The van der Waals surface area contributed by atoms with Gasteiger partial charge in [0.25, 0.3) is 0 Å². The van der Waals surface area contributed by atoms with Crippen molar-refractivity contribution in [1.82, 2.24) is 4.98 Å². The van der Waals surface area contributed by atoms with Gasteiger partial charge in [0.2, 0.25) is 0 Å². The van der Waals surface area contributed by atoms with Crippen molar-refractivity contribution in [3.05, 3.63) is 26.9 Å². The maximum absolute atomic E-state index is 4.97. The molecular weight excluding hydrogens is 274 g/mol. The summed E-state index contributed by atoms with van der Waals surface area (Å²) in [5.41, 5.74) is 1.04. The molecule has 0 aliphatic carbocycles. The minimum Gasteiger partial charge on any atom is -0.380 e. The average molecular weight is 281 g/mol. The van der Waals surface area contributed by atoms with E-state index in [4.69, 9.17) is 4.74 Å². The highest BCUT2D eigenvalue weighted by Gasteiger charge is 2.00. The molecule has 0 saturated carbocycles. The minimum absolute atomic E-state index is 0.576. The van der Waals surface area contributed by atoms with Crippen molar-refractivity contribution in [3.63, 3.8) is 0 Å². The van der Waals surface area contributed by atoms with Crippen LogP contribution in [0.5, 0.6) is 0 Å². The van der Waals surface area contributed by atoms with Gasteiger partial charge in [0.15, 0.2) is 0 Å². The van der Waals surface area contributed by atoms with Crippen molar-refractivity contribution < 1.29 is 4.74 Å². The lowest BCUT2D eigenvalue weighted by molar-refractivity contribution is 0.184. The summed E-state index contributed by atoms with van der Waals surface area (Å²) in [4.78, 5) is 4.09. The number of pyridine rings is 1. The van der Waals surface area contributed by atoms with E-state index in [1.807, 2.05) is 6.07 Å². The number of ether oxygens (including phenoxy) is 1. The second-order valence-corrected chi connectivity index (χ2v) is 3.70. The van der Waals surface area contributed by atoms with Crippen molar-refractivity contribution >= 4 is 31.9 Å². The third-order valence-electron chi connectivity index (χ3n) is 1.18. The first-order valence-electron chi connectivity index (χ1n) is 3.03. The second-order valence-electron chi connectivity index (χ2n) is 2.04. The molecule has 1 aromatic heterocycles. The van der Waals surface area contributed by atoms with Crippen LogP contribution >= 0.6 is 31.9 Å². The highest BCUT2D eigenvalue weighted by molar-refractivity contribution is 9.11. The number of nitrogens with zero attached hydrogens (tertiary/aromatic N) is 1. The molecule has 2 nitrogen and oxygen atoms in total. The van der Waals surface area contributed by atoms with E-state index in [1.165, 1.54) is 0 Å². The predicted octanol–water partition coefficient (Wildman–Crippen LogP) is 2.75. The van der Waals surface area contributed by atoms with E-state index in [0.29, 0.717) is 6.61 Å². The van der Waals surface area contributed by atoms with Gasteiger partial charge in [-0.15, -0.1) is 0 Å². The quantitative estimate of drug-likeness (QED) is 0.777. The van der Waals surface area contributed by atoms with Gasteiger partial charge >= 0.3 is 0 Å². The fourth-order valence-electron chi connectivity index (χ4n) is 0.721. The Morgan fingerprint density at radius 3 is 2.91 bits per heavy atom. The maximum atomic E-state index is 4.97. The van der Waals surface area contributed by atoms with Gasteiger partial charge in [0.05, 0.1) is 6.61 Å². The number of methoxy groups -OCH3 is 1. The number of halogens is 2. The lowest BCUT2D eigenvalue weighted by atomic mass is 10.3. The molecular formula is C7H7Br2NO. The molecule has 0 atom stereocenters. The van der Waals surface area contributed by atoms with Gasteiger partial charge < -0.3 is 4.74 Å². The number of hydrogen-bond acceptors (Lipinski definition) is 2. The molecule has 0 radical (unpaired) electrons. The molecule has 0 aliphatic rings. The first kappa shape index (κ1) is 9.16. The van der Waals surface area contributed by atoms with Gasteiger partial charge in [-0.2, -0.15) is 0 Å². The van der Waals surface area contributed by atoms with Crippen LogP contribution in [-0.4, -0.2) is 12.1 Å².